The van der Waals surface area contributed by atoms with Crippen LogP contribution in [0.4, 0.5) is 5.69 Å². The molecule has 1 heterocycles. The van der Waals surface area contributed by atoms with E-state index in [1.54, 1.807) is 55.7 Å². The number of hydrogen-bond acceptors (Lipinski definition) is 5. The molecule has 0 aliphatic carbocycles. The van der Waals surface area contributed by atoms with Crippen LogP contribution in [0.25, 0.3) is 0 Å². The van der Waals surface area contributed by atoms with E-state index in [2.05, 4.69) is 16.6 Å². The van der Waals surface area contributed by atoms with Crippen LogP contribution in [0, 0.1) is 13.8 Å². The molecule has 0 fully saturated rings. The largest absolute Gasteiger partial charge is 0.465 e. The summed E-state index contributed by atoms with van der Waals surface area (Å²) in [4.78, 5) is 36.8. The number of ether oxygens (including phenoxy) is 2. The van der Waals surface area contributed by atoms with E-state index < -0.39 is 11.9 Å². The number of benzene rings is 1. The molecule has 28 heavy (non-hydrogen) atoms. The van der Waals surface area contributed by atoms with Crippen LogP contribution in [0.2, 0.25) is 0 Å². The van der Waals surface area contributed by atoms with Crippen LogP contribution in [-0.4, -0.2) is 36.1 Å². The first-order valence-electron chi connectivity index (χ1n) is 8.83. The van der Waals surface area contributed by atoms with Crippen molar-refractivity contribution in [2.75, 3.05) is 19.0 Å². The van der Waals surface area contributed by atoms with Gasteiger partial charge in [-0.2, -0.15) is 0 Å². The van der Waals surface area contributed by atoms with Gasteiger partial charge in [0, 0.05) is 17.9 Å². The van der Waals surface area contributed by atoms with Gasteiger partial charge in [0.05, 0.1) is 24.8 Å². The van der Waals surface area contributed by atoms with Crippen LogP contribution in [0.5, 0.6) is 0 Å². The summed E-state index contributed by atoms with van der Waals surface area (Å²) in [5, 5.41) is 2.80. The van der Waals surface area contributed by atoms with E-state index in [4.69, 9.17) is 4.74 Å². The van der Waals surface area contributed by atoms with Crippen molar-refractivity contribution in [1.29, 1.82) is 0 Å². The van der Waals surface area contributed by atoms with Gasteiger partial charge in [-0.25, -0.2) is 9.59 Å². The minimum atomic E-state index is -0.480. The monoisotopic (exact) mass is 384 g/mol. The van der Waals surface area contributed by atoms with Gasteiger partial charge >= 0.3 is 11.9 Å². The lowest BCUT2D eigenvalue weighted by molar-refractivity contribution is 0.0512. The van der Waals surface area contributed by atoms with E-state index in [-0.39, 0.29) is 12.5 Å². The number of nitrogens with zero attached hydrogens (tertiary/aromatic N) is 1. The maximum absolute atomic E-state index is 12.9. The fourth-order valence-corrected chi connectivity index (χ4v) is 3.05. The number of hydrogen-bond donors (Lipinski definition) is 1. The molecule has 2 rings (SSSR count). The number of esters is 2. The molecule has 7 nitrogen and oxygen atoms in total. The average molecular weight is 384 g/mol. The first-order valence-corrected chi connectivity index (χ1v) is 8.83. The molecule has 0 unspecified atom stereocenters. The predicted octanol–water partition coefficient (Wildman–Crippen LogP) is 3.51. The number of allylic oxidation sites excluding steroid dienone is 1. The molecule has 0 saturated carbocycles. The summed E-state index contributed by atoms with van der Waals surface area (Å²) >= 11 is 0. The van der Waals surface area contributed by atoms with Crippen LogP contribution in [0.1, 0.15) is 49.4 Å². The van der Waals surface area contributed by atoms with Crippen molar-refractivity contribution in [2.24, 2.45) is 0 Å². The zero-order chi connectivity index (χ0) is 20.8. The summed E-state index contributed by atoms with van der Waals surface area (Å²) in [5.41, 5.74) is 2.83. The van der Waals surface area contributed by atoms with Gasteiger partial charge in [-0.3, -0.25) is 4.79 Å². The average Bonchev–Trinajstić information content (AvgIpc) is 2.92. The quantitative estimate of drug-likeness (QED) is 0.583. The van der Waals surface area contributed by atoms with Gasteiger partial charge in [-0.05, 0) is 50.6 Å². The van der Waals surface area contributed by atoms with E-state index in [0.717, 1.165) is 0 Å². The van der Waals surface area contributed by atoms with Crippen molar-refractivity contribution >= 4 is 23.5 Å². The van der Waals surface area contributed by atoms with Crippen LogP contribution < -0.4 is 5.32 Å². The number of aromatic nitrogens is 1. The summed E-state index contributed by atoms with van der Waals surface area (Å²) in [7, 11) is 1.30. The highest BCUT2D eigenvalue weighted by molar-refractivity contribution is 6.08. The van der Waals surface area contributed by atoms with Crippen molar-refractivity contribution in [1.82, 2.24) is 4.57 Å². The van der Waals surface area contributed by atoms with Crippen LogP contribution in [-0.2, 0) is 16.0 Å². The highest BCUT2D eigenvalue weighted by atomic mass is 16.5. The highest BCUT2D eigenvalue weighted by Crippen LogP contribution is 2.25. The van der Waals surface area contributed by atoms with Gasteiger partial charge < -0.3 is 19.4 Å². The third kappa shape index (κ3) is 4.14. The Hall–Kier alpha value is -3.35. The number of carbonyl (C=O) groups excluding carboxylic acids is 3. The summed E-state index contributed by atoms with van der Waals surface area (Å²) in [6.07, 6.45) is 1.66. The molecule has 0 atom stereocenters. The summed E-state index contributed by atoms with van der Waals surface area (Å²) in [6.45, 7) is 9.55. The number of amides is 1. The lowest BCUT2D eigenvalue weighted by Gasteiger charge is -2.09. The molecule has 0 saturated heterocycles. The van der Waals surface area contributed by atoms with Crippen LogP contribution in [0.15, 0.2) is 36.9 Å². The fraction of sp³-hybridized carbons (Fsp3) is 0.286. The molecule has 1 N–H and O–H groups in total. The summed E-state index contributed by atoms with van der Waals surface area (Å²) in [6, 6.07) is 6.35. The zero-order valence-electron chi connectivity index (χ0n) is 16.5. The molecule has 1 aromatic heterocycles. The SMILES string of the molecule is C=CCn1c(C)c(C(=O)Nc2ccc(C(=O)OC)cc2)c(C)c1C(=O)OCC. The van der Waals surface area contributed by atoms with E-state index in [0.29, 0.717) is 40.3 Å². The Bertz CT molecular complexity index is 910. The molecule has 7 heteroatoms. The molecular formula is C21H24N2O5. The molecule has 1 aromatic carbocycles. The van der Waals surface area contributed by atoms with Gasteiger partial charge in [-0.1, -0.05) is 6.08 Å². The van der Waals surface area contributed by atoms with Crippen LogP contribution >= 0.6 is 0 Å². The first kappa shape index (κ1) is 21.0. The minimum Gasteiger partial charge on any atom is -0.465 e. The molecule has 0 radical (unpaired) electrons. The molecule has 0 aliphatic rings. The lowest BCUT2D eigenvalue weighted by Crippen LogP contribution is -2.14. The molecule has 0 bridgehead atoms. The molecule has 0 aliphatic heterocycles. The second-order valence-electron chi connectivity index (χ2n) is 6.08. The normalized spacial score (nSPS) is 10.3. The molecule has 2 aromatic rings. The number of anilines is 1. The maximum Gasteiger partial charge on any atom is 0.355 e. The van der Waals surface area contributed by atoms with Crippen LogP contribution in [0.3, 0.4) is 0 Å². The summed E-state index contributed by atoms with van der Waals surface area (Å²) < 4.78 is 11.5. The smallest absolute Gasteiger partial charge is 0.355 e. The third-order valence-corrected chi connectivity index (χ3v) is 4.34. The number of methoxy groups -OCH3 is 1. The van der Waals surface area contributed by atoms with E-state index >= 15 is 0 Å². The first-order chi connectivity index (χ1) is 13.3. The minimum absolute atomic E-state index is 0.241. The standard InChI is InChI=1S/C21H24N2O5/c1-6-12-23-14(4)17(13(3)18(23)21(26)28-7-2)19(24)22-16-10-8-15(9-11-16)20(25)27-5/h6,8-11H,1,7,12H2,2-5H3,(H,22,24). The van der Waals surface area contributed by atoms with Gasteiger partial charge in [0.15, 0.2) is 0 Å². The Kier molecular flexibility index (Phi) is 6.76. The van der Waals surface area contributed by atoms with Crippen molar-refractivity contribution in [2.45, 2.75) is 27.3 Å². The second kappa shape index (κ2) is 9.03. The van der Waals surface area contributed by atoms with E-state index in [9.17, 15) is 14.4 Å². The maximum atomic E-state index is 12.9. The molecule has 0 spiro atoms. The Labute approximate surface area is 163 Å². The highest BCUT2D eigenvalue weighted by Gasteiger charge is 2.26. The Morgan fingerprint density at radius 3 is 2.32 bits per heavy atom. The topological polar surface area (TPSA) is 86.6 Å². The third-order valence-electron chi connectivity index (χ3n) is 4.34. The van der Waals surface area contributed by atoms with Gasteiger partial charge in [0.2, 0.25) is 0 Å². The van der Waals surface area contributed by atoms with E-state index in [1.807, 2.05) is 0 Å². The van der Waals surface area contributed by atoms with Crippen molar-refractivity contribution in [3.8, 4) is 0 Å². The van der Waals surface area contributed by atoms with Crippen molar-refractivity contribution < 1.29 is 23.9 Å². The lowest BCUT2D eigenvalue weighted by atomic mass is 10.1. The number of nitrogens with one attached hydrogen (secondary N) is 1. The van der Waals surface area contributed by atoms with Gasteiger partial charge in [0.1, 0.15) is 5.69 Å². The van der Waals surface area contributed by atoms with Gasteiger partial charge in [0.25, 0.3) is 5.91 Å². The molecule has 1 amide bonds. The Morgan fingerprint density at radius 2 is 1.79 bits per heavy atom. The Balaban J connectivity index is 2.37. The second-order valence-corrected chi connectivity index (χ2v) is 6.08. The van der Waals surface area contributed by atoms with Gasteiger partial charge in [-0.15, -0.1) is 6.58 Å². The summed E-state index contributed by atoms with van der Waals surface area (Å²) in [5.74, 6) is -1.29. The number of carbonyl (C=O) groups is 3. The Morgan fingerprint density at radius 1 is 1.14 bits per heavy atom. The number of rotatable bonds is 7. The van der Waals surface area contributed by atoms with Crippen molar-refractivity contribution in [3.05, 3.63) is 65.0 Å². The fourth-order valence-electron chi connectivity index (χ4n) is 3.05. The molecule has 148 valence electrons. The molecular weight excluding hydrogens is 360 g/mol. The van der Waals surface area contributed by atoms with E-state index in [1.165, 1.54) is 7.11 Å². The zero-order valence-corrected chi connectivity index (χ0v) is 16.5. The van der Waals surface area contributed by atoms with Crippen molar-refractivity contribution in [3.63, 3.8) is 0 Å². The predicted molar refractivity (Wildman–Crippen MR) is 106 cm³/mol.